The lowest BCUT2D eigenvalue weighted by molar-refractivity contribution is 0.631. The van der Waals surface area contributed by atoms with E-state index in [0.29, 0.717) is 0 Å². The summed E-state index contributed by atoms with van der Waals surface area (Å²) in [5.74, 6) is 3.39. The topological polar surface area (TPSA) is 24.9 Å². The summed E-state index contributed by atoms with van der Waals surface area (Å²) in [5, 5.41) is 5.24. The van der Waals surface area contributed by atoms with Gasteiger partial charge in [0.2, 0.25) is 0 Å². The van der Waals surface area contributed by atoms with Crippen LogP contribution in [0.2, 0.25) is 5.02 Å². The van der Waals surface area contributed by atoms with Gasteiger partial charge in [-0.15, -0.1) is 0 Å². The zero-order valence-corrected chi connectivity index (χ0v) is 11.7. The SMILES string of the molecule is Clc1ccc2nc(NCC3CCSC3)sc2c1. The molecular formula is C12H13ClN2S2. The lowest BCUT2D eigenvalue weighted by Gasteiger charge is -2.07. The highest BCUT2D eigenvalue weighted by molar-refractivity contribution is 7.99. The lowest BCUT2D eigenvalue weighted by atomic mass is 10.1. The highest BCUT2D eigenvalue weighted by Gasteiger charge is 2.15. The number of anilines is 1. The van der Waals surface area contributed by atoms with Gasteiger partial charge in [-0.3, -0.25) is 0 Å². The van der Waals surface area contributed by atoms with Crippen molar-refractivity contribution in [1.82, 2.24) is 4.98 Å². The van der Waals surface area contributed by atoms with Crippen LogP contribution in [0.1, 0.15) is 6.42 Å². The molecule has 1 N–H and O–H groups in total. The first-order valence-electron chi connectivity index (χ1n) is 5.69. The van der Waals surface area contributed by atoms with E-state index < -0.39 is 0 Å². The van der Waals surface area contributed by atoms with E-state index in [2.05, 4.69) is 10.3 Å². The van der Waals surface area contributed by atoms with Crippen LogP contribution >= 0.6 is 34.7 Å². The van der Waals surface area contributed by atoms with Crippen LogP contribution in [0.3, 0.4) is 0 Å². The Morgan fingerprint density at radius 2 is 2.41 bits per heavy atom. The Labute approximate surface area is 114 Å². The van der Waals surface area contributed by atoms with Gasteiger partial charge in [-0.1, -0.05) is 22.9 Å². The minimum atomic E-state index is 0.778. The normalized spacial score (nSPS) is 19.9. The first-order chi connectivity index (χ1) is 8.31. The van der Waals surface area contributed by atoms with Gasteiger partial charge < -0.3 is 5.32 Å². The van der Waals surface area contributed by atoms with Crippen LogP contribution in [0, 0.1) is 5.92 Å². The quantitative estimate of drug-likeness (QED) is 0.918. The van der Waals surface area contributed by atoms with Gasteiger partial charge in [0.05, 0.1) is 10.2 Å². The van der Waals surface area contributed by atoms with Crippen LogP contribution in [0.5, 0.6) is 0 Å². The van der Waals surface area contributed by atoms with Gasteiger partial charge in [0.15, 0.2) is 5.13 Å². The molecule has 1 saturated heterocycles. The predicted molar refractivity (Wildman–Crippen MR) is 78.6 cm³/mol. The third-order valence-electron chi connectivity index (χ3n) is 2.92. The molecule has 0 amide bonds. The van der Waals surface area contributed by atoms with Gasteiger partial charge in [0.25, 0.3) is 0 Å². The molecule has 2 nitrogen and oxygen atoms in total. The minimum Gasteiger partial charge on any atom is -0.361 e. The number of fused-ring (bicyclic) bond motifs is 1. The fourth-order valence-corrected chi connectivity index (χ4v) is 4.38. The molecule has 1 aromatic heterocycles. The van der Waals surface area contributed by atoms with E-state index in [0.717, 1.165) is 32.8 Å². The number of thioether (sulfide) groups is 1. The molecule has 0 radical (unpaired) electrons. The molecule has 0 spiro atoms. The first kappa shape index (κ1) is 11.6. The van der Waals surface area contributed by atoms with Gasteiger partial charge in [-0.2, -0.15) is 11.8 Å². The average Bonchev–Trinajstić information content (AvgIpc) is 2.94. The maximum Gasteiger partial charge on any atom is 0.183 e. The van der Waals surface area contributed by atoms with E-state index in [1.54, 1.807) is 11.3 Å². The van der Waals surface area contributed by atoms with E-state index in [-0.39, 0.29) is 0 Å². The second-order valence-electron chi connectivity index (χ2n) is 4.24. The largest absolute Gasteiger partial charge is 0.361 e. The smallest absolute Gasteiger partial charge is 0.183 e. The molecule has 0 bridgehead atoms. The number of hydrogen-bond acceptors (Lipinski definition) is 4. The molecule has 1 unspecified atom stereocenters. The average molecular weight is 285 g/mol. The number of halogens is 1. The van der Waals surface area contributed by atoms with Crippen LogP contribution in [-0.2, 0) is 0 Å². The fraction of sp³-hybridized carbons (Fsp3) is 0.417. The first-order valence-corrected chi connectivity index (χ1v) is 8.04. The third kappa shape index (κ3) is 2.69. The second-order valence-corrected chi connectivity index (χ2v) is 6.86. The van der Waals surface area contributed by atoms with Gasteiger partial charge in [-0.25, -0.2) is 4.98 Å². The number of benzene rings is 1. The summed E-state index contributed by atoms with van der Waals surface area (Å²) in [5.41, 5.74) is 1.03. The molecule has 1 aromatic carbocycles. The molecule has 90 valence electrons. The Morgan fingerprint density at radius 3 is 3.24 bits per heavy atom. The molecule has 1 atom stereocenters. The van der Waals surface area contributed by atoms with E-state index in [9.17, 15) is 0 Å². The molecular weight excluding hydrogens is 272 g/mol. The predicted octanol–water partition coefficient (Wildman–Crippen LogP) is 4.11. The molecule has 1 fully saturated rings. The number of nitrogens with zero attached hydrogens (tertiary/aromatic N) is 1. The monoisotopic (exact) mass is 284 g/mol. The van der Waals surface area contributed by atoms with Crippen molar-refractivity contribution in [2.45, 2.75) is 6.42 Å². The third-order valence-corrected chi connectivity index (χ3v) is 5.36. The molecule has 5 heteroatoms. The van der Waals surface area contributed by atoms with Crippen LogP contribution in [-0.4, -0.2) is 23.0 Å². The molecule has 0 aliphatic carbocycles. The summed E-state index contributed by atoms with van der Waals surface area (Å²) in [6.07, 6.45) is 1.33. The lowest BCUT2D eigenvalue weighted by Crippen LogP contribution is -2.13. The number of thiazole rings is 1. The maximum absolute atomic E-state index is 5.96. The van der Waals surface area contributed by atoms with Gasteiger partial charge in [-0.05, 0) is 42.0 Å². The van der Waals surface area contributed by atoms with Crippen molar-refractivity contribution in [2.24, 2.45) is 5.92 Å². The Morgan fingerprint density at radius 1 is 1.47 bits per heavy atom. The Bertz CT molecular complexity index is 520. The zero-order chi connectivity index (χ0) is 11.7. The van der Waals surface area contributed by atoms with Crippen molar-refractivity contribution in [3.63, 3.8) is 0 Å². The Hall–Kier alpha value is -0.450. The number of nitrogens with one attached hydrogen (secondary N) is 1. The molecule has 0 saturated carbocycles. The Kier molecular flexibility index (Phi) is 3.45. The summed E-state index contributed by atoms with van der Waals surface area (Å²) < 4.78 is 1.15. The van der Waals surface area contributed by atoms with E-state index in [1.807, 2.05) is 30.0 Å². The van der Waals surface area contributed by atoms with Gasteiger partial charge in [0, 0.05) is 11.6 Å². The molecule has 1 aliphatic rings. The number of hydrogen-bond donors (Lipinski definition) is 1. The molecule has 2 aromatic rings. The molecule has 3 rings (SSSR count). The van der Waals surface area contributed by atoms with Gasteiger partial charge >= 0.3 is 0 Å². The summed E-state index contributed by atoms with van der Waals surface area (Å²) in [7, 11) is 0. The Balaban J connectivity index is 1.72. The van der Waals surface area contributed by atoms with Crippen molar-refractivity contribution in [2.75, 3.05) is 23.4 Å². The van der Waals surface area contributed by atoms with E-state index >= 15 is 0 Å². The fourth-order valence-electron chi connectivity index (χ4n) is 1.95. The summed E-state index contributed by atoms with van der Waals surface area (Å²) in [6, 6.07) is 5.84. The minimum absolute atomic E-state index is 0.778. The number of rotatable bonds is 3. The van der Waals surface area contributed by atoms with Crippen molar-refractivity contribution in [1.29, 1.82) is 0 Å². The van der Waals surface area contributed by atoms with E-state index in [1.165, 1.54) is 17.9 Å². The van der Waals surface area contributed by atoms with E-state index in [4.69, 9.17) is 11.6 Å². The number of aromatic nitrogens is 1. The highest BCUT2D eigenvalue weighted by atomic mass is 35.5. The summed E-state index contributed by atoms with van der Waals surface area (Å²) in [6.45, 7) is 1.04. The van der Waals surface area contributed by atoms with Crippen molar-refractivity contribution in [3.05, 3.63) is 23.2 Å². The zero-order valence-electron chi connectivity index (χ0n) is 9.28. The second kappa shape index (κ2) is 5.04. The van der Waals surface area contributed by atoms with Crippen LogP contribution in [0.25, 0.3) is 10.2 Å². The van der Waals surface area contributed by atoms with Crippen LogP contribution in [0.15, 0.2) is 18.2 Å². The summed E-state index contributed by atoms with van der Waals surface area (Å²) >= 11 is 9.70. The molecule has 1 aliphatic heterocycles. The molecule has 17 heavy (non-hydrogen) atoms. The maximum atomic E-state index is 5.96. The standard InChI is InChI=1S/C12H13ClN2S2/c13-9-1-2-10-11(5-9)17-12(15-10)14-6-8-3-4-16-7-8/h1-2,5,8H,3-4,6-7H2,(H,14,15). The van der Waals surface area contributed by atoms with Crippen LogP contribution in [0.4, 0.5) is 5.13 Å². The van der Waals surface area contributed by atoms with Crippen molar-refractivity contribution >= 4 is 50.0 Å². The van der Waals surface area contributed by atoms with Gasteiger partial charge in [0.1, 0.15) is 0 Å². The van der Waals surface area contributed by atoms with Crippen molar-refractivity contribution < 1.29 is 0 Å². The highest BCUT2D eigenvalue weighted by Crippen LogP contribution is 2.29. The van der Waals surface area contributed by atoms with Crippen LogP contribution < -0.4 is 5.32 Å². The van der Waals surface area contributed by atoms with Crippen molar-refractivity contribution in [3.8, 4) is 0 Å². The molecule has 2 heterocycles. The summed E-state index contributed by atoms with van der Waals surface area (Å²) in [4.78, 5) is 4.56.